The van der Waals surface area contributed by atoms with E-state index >= 15 is 0 Å². The van der Waals surface area contributed by atoms with Gasteiger partial charge >= 0.3 is 0 Å². The topological polar surface area (TPSA) is 42.4 Å². The summed E-state index contributed by atoms with van der Waals surface area (Å²) in [6, 6.07) is 3.95. The molecule has 0 saturated carbocycles. The van der Waals surface area contributed by atoms with Crippen molar-refractivity contribution in [2.24, 2.45) is 5.92 Å². The summed E-state index contributed by atoms with van der Waals surface area (Å²) in [4.78, 5) is 18.2. The fourth-order valence-electron chi connectivity index (χ4n) is 2.45. The third-order valence-electron chi connectivity index (χ3n) is 3.54. The van der Waals surface area contributed by atoms with E-state index in [1.807, 2.05) is 12.1 Å². The molecule has 1 aliphatic rings. The molecule has 0 spiro atoms. The number of likely N-dealkylation sites (tertiary alicyclic amines) is 1. The van der Waals surface area contributed by atoms with Gasteiger partial charge in [0.25, 0.3) is 0 Å². The van der Waals surface area contributed by atoms with Crippen LogP contribution >= 0.6 is 0 Å². The van der Waals surface area contributed by atoms with Crippen molar-refractivity contribution in [2.45, 2.75) is 26.3 Å². The van der Waals surface area contributed by atoms with Crippen LogP contribution < -0.4 is 4.74 Å². The summed E-state index contributed by atoms with van der Waals surface area (Å²) in [5, 5.41) is 0. The number of ether oxygens (including phenoxy) is 1. The fourth-order valence-corrected chi connectivity index (χ4v) is 2.45. The minimum Gasteiger partial charge on any atom is -0.481 e. The lowest BCUT2D eigenvalue weighted by atomic mass is 9.94. The highest BCUT2D eigenvalue weighted by atomic mass is 16.5. The van der Waals surface area contributed by atoms with Gasteiger partial charge in [0.1, 0.15) is 5.78 Å². The molecule has 4 nitrogen and oxygen atoms in total. The molecule has 1 aromatic heterocycles. The van der Waals surface area contributed by atoms with Crippen LogP contribution in [-0.4, -0.2) is 35.9 Å². The van der Waals surface area contributed by atoms with Crippen LogP contribution in [0.1, 0.15) is 25.3 Å². The molecule has 18 heavy (non-hydrogen) atoms. The smallest absolute Gasteiger partial charge is 0.217 e. The van der Waals surface area contributed by atoms with E-state index in [1.165, 1.54) is 0 Å². The quantitative estimate of drug-likeness (QED) is 0.816. The van der Waals surface area contributed by atoms with Gasteiger partial charge in [-0.1, -0.05) is 13.0 Å². The molecule has 0 radical (unpaired) electrons. The number of piperidine rings is 1. The number of rotatable bonds is 4. The Bertz CT molecular complexity index is 420. The molecular formula is C14H20N2O2. The summed E-state index contributed by atoms with van der Waals surface area (Å²) >= 11 is 0. The molecule has 0 N–H and O–H groups in total. The Labute approximate surface area is 108 Å². The third kappa shape index (κ3) is 2.88. The van der Waals surface area contributed by atoms with Gasteiger partial charge in [0, 0.05) is 43.7 Å². The molecule has 0 aromatic carbocycles. The average Bonchev–Trinajstić information content (AvgIpc) is 2.41. The van der Waals surface area contributed by atoms with Gasteiger partial charge in [-0.2, -0.15) is 0 Å². The maximum absolute atomic E-state index is 11.7. The number of carbonyl (C=O) groups excluding carboxylic acids is 1. The largest absolute Gasteiger partial charge is 0.481 e. The van der Waals surface area contributed by atoms with Crippen LogP contribution in [-0.2, 0) is 11.3 Å². The maximum atomic E-state index is 11.7. The van der Waals surface area contributed by atoms with Gasteiger partial charge in [0.15, 0.2) is 0 Å². The molecular weight excluding hydrogens is 228 g/mol. The molecule has 0 amide bonds. The zero-order chi connectivity index (χ0) is 13.0. The minimum absolute atomic E-state index is 0.196. The Morgan fingerprint density at radius 1 is 1.56 bits per heavy atom. The zero-order valence-electron chi connectivity index (χ0n) is 11.1. The van der Waals surface area contributed by atoms with Crippen molar-refractivity contribution in [3.8, 4) is 5.88 Å². The molecule has 1 aromatic rings. The molecule has 0 aliphatic carbocycles. The third-order valence-corrected chi connectivity index (χ3v) is 3.54. The number of Topliss-reactive ketones (excluding diaryl/α,β-unsaturated/α-hetero) is 1. The molecule has 4 heteroatoms. The van der Waals surface area contributed by atoms with Crippen molar-refractivity contribution in [3.05, 3.63) is 23.9 Å². The molecule has 0 bridgehead atoms. The van der Waals surface area contributed by atoms with Gasteiger partial charge < -0.3 is 4.74 Å². The Balaban J connectivity index is 2.03. The van der Waals surface area contributed by atoms with Crippen molar-refractivity contribution in [1.29, 1.82) is 0 Å². The number of nitrogens with zero attached hydrogens (tertiary/aromatic N) is 2. The second-order valence-corrected chi connectivity index (χ2v) is 4.73. The van der Waals surface area contributed by atoms with Crippen molar-refractivity contribution in [3.63, 3.8) is 0 Å². The van der Waals surface area contributed by atoms with Crippen LogP contribution in [0, 0.1) is 5.92 Å². The van der Waals surface area contributed by atoms with Gasteiger partial charge in [-0.3, -0.25) is 9.69 Å². The van der Waals surface area contributed by atoms with Crippen LogP contribution in [0.5, 0.6) is 5.88 Å². The van der Waals surface area contributed by atoms with Gasteiger partial charge in [0.05, 0.1) is 7.11 Å². The number of ketones is 1. The average molecular weight is 248 g/mol. The van der Waals surface area contributed by atoms with Crippen molar-refractivity contribution in [1.82, 2.24) is 9.88 Å². The van der Waals surface area contributed by atoms with Gasteiger partial charge in [0.2, 0.25) is 5.88 Å². The summed E-state index contributed by atoms with van der Waals surface area (Å²) in [6.45, 7) is 4.58. The Kier molecular flexibility index (Phi) is 4.31. The van der Waals surface area contributed by atoms with Crippen molar-refractivity contribution < 1.29 is 9.53 Å². The van der Waals surface area contributed by atoms with Gasteiger partial charge in [-0.15, -0.1) is 0 Å². The van der Waals surface area contributed by atoms with E-state index in [4.69, 9.17) is 4.74 Å². The number of aromatic nitrogens is 1. The number of methoxy groups -OCH3 is 1. The van der Waals surface area contributed by atoms with Crippen LogP contribution in [0.15, 0.2) is 18.3 Å². The van der Waals surface area contributed by atoms with E-state index in [2.05, 4.69) is 16.8 Å². The normalized spacial score (nSPS) is 21.0. The summed E-state index contributed by atoms with van der Waals surface area (Å²) in [5.41, 5.74) is 1.09. The van der Waals surface area contributed by atoms with E-state index in [1.54, 1.807) is 13.3 Å². The molecule has 1 aliphatic heterocycles. The van der Waals surface area contributed by atoms with Crippen LogP contribution in [0.25, 0.3) is 0 Å². The first-order chi connectivity index (χ1) is 8.74. The first kappa shape index (κ1) is 13.0. The molecule has 2 heterocycles. The number of hydrogen-bond donors (Lipinski definition) is 0. The molecule has 98 valence electrons. The van der Waals surface area contributed by atoms with E-state index < -0.39 is 0 Å². The highest BCUT2D eigenvalue weighted by Gasteiger charge is 2.26. The Morgan fingerprint density at radius 3 is 3.11 bits per heavy atom. The second kappa shape index (κ2) is 5.96. The minimum atomic E-state index is 0.196. The lowest BCUT2D eigenvalue weighted by Crippen LogP contribution is -2.40. The van der Waals surface area contributed by atoms with Crippen molar-refractivity contribution in [2.75, 3.05) is 20.2 Å². The molecule has 1 fully saturated rings. The molecule has 2 rings (SSSR count). The number of pyridine rings is 1. The molecule has 1 saturated heterocycles. The van der Waals surface area contributed by atoms with Crippen LogP contribution in [0.2, 0.25) is 0 Å². The number of hydrogen-bond acceptors (Lipinski definition) is 4. The summed E-state index contributed by atoms with van der Waals surface area (Å²) in [6.07, 6.45) is 3.33. The van der Waals surface area contributed by atoms with Crippen LogP contribution in [0.4, 0.5) is 0 Å². The summed E-state index contributed by atoms with van der Waals surface area (Å²) in [5.74, 6) is 1.29. The first-order valence-corrected chi connectivity index (χ1v) is 6.47. The monoisotopic (exact) mass is 248 g/mol. The highest BCUT2D eigenvalue weighted by molar-refractivity contribution is 5.82. The predicted octanol–water partition coefficient (Wildman–Crippen LogP) is 1.89. The molecule has 1 atom stereocenters. The highest BCUT2D eigenvalue weighted by Crippen LogP contribution is 2.21. The van der Waals surface area contributed by atoms with E-state index in [0.29, 0.717) is 18.1 Å². The summed E-state index contributed by atoms with van der Waals surface area (Å²) < 4.78 is 5.26. The van der Waals surface area contributed by atoms with E-state index in [9.17, 15) is 4.79 Å². The van der Waals surface area contributed by atoms with E-state index in [0.717, 1.165) is 31.6 Å². The Hall–Kier alpha value is -1.42. The predicted molar refractivity (Wildman–Crippen MR) is 69.5 cm³/mol. The second-order valence-electron chi connectivity index (χ2n) is 4.73. The summed E-state index contributed by atoms with van der Waals surface area (Å²) in [7, 11) is 1.64. The lowest BCUT2D eigenvalue weighted by molar-refractivity contribution is -0.126. The fraction of sp³-hybridized carbons (Fsp3) is 0.571. The Morgan fingerprint density at radius 2 is 2.39 bits per heavy atom. The first-order valence-electron chi connectivity index (χ1n) is 6.47. The molecule has 1 unspecified atom stereocenters. The van der Waals surface area contributed by atoms with E-state index in [-0.39, 0.29) is 5.92 Å². The SMILES string of the molecule is CCC1CN(Cc2cccnc2OC)CCC1=O. The maximum Gasteiger partial charge on any atom is 0.217 e. The van der Waals surface area contributed by atoms with Gasteiger partial charge in [-0.25, -0.2) is 4.98 Å². The number of carbonyl (C=O) groups is 1. The van der Waals surface area contributed by atoms with Gasteiger partial charge in [-0.05, 0) is 12.5 Å². The zero-order valence-corrected chi connectivity index (χ0v) is 11.1. The lowest BCUT2D eigenvalue weighted by Gasteiger charge is -2.31. The standard InChI is InChI=1S/C14H20N2O2/c1-3-11-9-16(8-6-13(11)17)10-12-5-4-7-15-14(12)18-2/h4-5,7,11H,3,6,8-10H2,1-2H3. The van der Waals surface area contributed by atoms with Crippen molar-refractivity contribution >= 4 is 5.78 Å². The van der Waals surface area contributed by atoms with Crippen LogP contribution in [0.3, 0.4) is 0 Å².